The zero-order chi connectivity index (χ0) is 24.0. The number of rotatable bonds is 6. The van der Waals surface area contributed by atoms with Crippen molar-refractivity contribution in [3.05, 3.63) is 42.5 Å². The first-order valence-electron chi connectivity index (χ1n) is 11.3. The van der Waals surface area contributed by atoms with Gasteiger partial charge in [-0.1, -0.05) is 30.3 Å². The zero-order valence-corrected chi connectivity index (χ0v) is 20.1. The molecule has 180 valence electrons. The molecule has 2 aromatic carbocycles. The molecule has 1 heterocycles. The summed E-state index contributed by atoms with van der Waals surface area (Å²) in [5.41, 5.74) is 0.215. The molecule has 0 aliphatic carbocycles. The molecular weight excluding hydrogens is 420 g/mol. The molecule has 1 saturated heterocycles. The molecule has 9 heteroatoms. The van der Waals surface area contributed by atoms with Gasteiger partial charge >= 0.3 is 12.1 Å². The monoisotopic (exact) mass is 456 g/mol. The van der Waals surface area contributed by atoms with E-state index in [0.717, 1.165) is 22.9 Å². The van der Waals surface area contributed by atoms with Crippen molar-refractivity contribution >= 4 is 28.6 Å². The largest absolute Gasteiger partial charge is 0.444 e. The Kier molecular flexibility index (Phi) is 8.12. The number of anilines is 1. The molecule has 3 rings (SSSR count). The Hall–Kier alpha value is -2.88. The summed E-state index contributed by atoms with van der Waals surface area (Å²) in [4.78, 5) is 26.2. The predicted molar refractivity (Wildman–Crippen MR) is 131 cm³/mol. The molecule has 1 fully saturated rings. The number of urea groups is 1. The number of carbonyl (C=O) groups is 2. The second kappa shape index (κ2) is 10.8. The Morgan fingerprint density at radius 1 is 1.12 bits per heavy atom. The lowest BCUT2D eigenvalue weighted by Crippen LogP contribution is -2.68. The highest BCUT2D eigenvalue weighted by molar-refractivity contribution is 5.93. The van der Waals surface area contributed by atoms with E-state index in [1.54, 1.807) is 11.9 Å². The molecule has 0 saturated carbocycles. The van der Waals surface area contributed by atoms with Crippen LogP contribution in [0.2, 0.25) is 0 Å². The second-order valence-electron chi connectivity index (χ2n) is 9.47. The lowest BCUT2D eigenvalue weighted by Gasteiger charge is -2.37. The molecule has 33 heavy (non-hydrogen) atoms. The van der Waals surface area contributed by atoms with E-state index >= 15 is 0 Å². The van der Waals surface area contributed by atoms with E-state index in [2.05, 4.69) is 33.5 Å². The Labute approximate surface area is 195 Å². The minimum Gasteiger partial charge on any atom is -0.444 e. The third-order valence-electron chi connectivity index (χ3n) is 5.23. The maximum atomic E-state index is 12.5. The van der Waals surface area contributed by atoms with Gasteiger partial charge in [0, 0.05) is 31.9 Å². The topological polar surface area (TPSA) is 107 Å². The van der Waals surface area contributed by atoms with E-state index in [1.807, 2.05) is 63.2 Å². The lowest BCUT2D eigenvalue weighted by atomic mass is 10.1. The standard InChI is InChI=1S/C24H36N6O3/c1-16-14-20(25-12-13-30(5)23(32)33-24(2,3)4)28-21(26-16)29-22(31)27-19-11-10-17-8-6-7-9-18(17)15-19/h6-11,15-16,20-21,25-26,28H,12-14H2,1-5H3,(H2,27,29,31). The van der Waals surface area contributed by atoms with Gasteiger partial charge in [0.05, 0.1) is 6.17 Å². The molecule has 0 spiro atoms. The number of hydrogen-bond acceptors (Lipinski definition) is 6. The molecule has 9 nitrogen and oxygen atoms in total. The van der Waals surface area contributed by atoms with Crippen molar-refractivity contribution in [2.45, 2.75) is 58.2 Å². The Bertz CT molecular complexity index is 961. The van der Waals surface area contributed by atoms with Crippen LogP contribution >= 0.6 is 0 Å². The molecule has 0 bridgehead atoms. The fraction of sp³-hybridized carbons (Fsp3) is 0.500. The summed E-state index contributed by atoms with van der Waals surface area (Å²) in [6, 6.07) is 13.7. The van der Waals surface area contributed by atoms with Crippen molar-refractivity contribution in [3.8, 4) is 0 Å². The summed E-state index contributed by atoms with van der Waals surface area (Å²) in [5, 5.41) is 18.1. The van der Waals surface area contributed by atoms with Crippen LogP contribution in [0.3, 0.4) is 0 Å². The number of ether oxygens (including phenoxy) is 1. The van der Waals surface area contributed by atoms with E-state index < -0.39 is 11.9 Å². The molecule has 3 amide bonds. The van der Waals surface area contributed by atoms with Gasteiger partial charge in [-0.15, -0.1) is 0 Å². The van der Waals surface area contributed by atoms with Crippen LogP contribution in [0.4, 0.5) is 15.3 Å². The predicted octanol–water partition coefficient (Wildman–Crippen LogP) is 3.00. The maximum absolute atomic E-state index is 12.5. The molecule has 5 N–H and O–H groups in total. The van der Waals surface area contributed by atoms with Gasteiger partial charge in [-0.25, -0.2) is 9.59 Å². The Morgan fingerprint density at radius 2 is 1.85 bits per heavy atom. The number of nitrogens with one attached hydrogen (secondary N) is 5. The summed E-state index contributed by atoms with van der Waals surface area (Å²) >= 11 is 0. The highest BCUT2D eigenvalue weighted by Crippen LogP contribution is 2.18. The number of fused-ring (bicyclic) bond motifs is 1. The van der Waals surface area contributed by atoms with Crippen molar-refractivity contribution in [2.24, 2.45) is 0 Å². The van der Waals surface area contributed by atoms with Crippen molar-refractivity contribution in [1.82, 2.24) is 26.2 Å². The van der Waals surface area contributed by atoms with Gasteiger partial charge in [0.15, 0.2) is 0 Å². The van der Waals surface area contributed by atoms with Crippen LogP contribution < -0.4 is 26.6 Å². The van der Waals surface area contributed by atoms with Crippen LogP contribution in [0.15, 0.2) is 42.5 Å². The van der Waals surface area contributed by atoms with Gasteiger partial charge < -0.3 is 20.3 Å². The van der Waals surface area contributed by atoms with Gasteiger partial charge in [0.25, 0.3) is 0 Å². The Balaban J connectivity index is 1.45. The number of carbonyl (C=O) groups excluding carboxylic acids is 2. The highest BCUT2D eigenvalue weighted by Gasteiger charge is 2.26. The highest BCUT2D eigenvalue weighted by atomic mass is 16.6. The normalized spacial score (nSPS) is 20.8. The van der Waals surface area contributed by atoms with Crippen molar-refractivity contribution in [1.29, 1.82) is 0 Å². The van der Waals surface area contributed by atoms with Gasteiger partial charge in [0.1, 0.15) is 11.9 Å². The summed E-state index contributed by atoms with van der Waals surface area (Å²) in [7, 11) is 1.72. The van der Waals surface area contributed by atoms with Gasteiger partial charge in [-0.3, -0.25) is 16.0 Å². The summed E-state index contributed by atoms with van der Waals surface area (Å²) in [5.74, 6) is 0. The van der Waals surface area contributed by atoms with Crippen molar-refractivity contribution in [2.75, 3.05) is 25.5 Å². The minimum atomic E-state index is -0.517. The first kappa shape index (κ1) is 24.8. The SMILES string of the molecule is CC1CC(NCCN(C)C(=O)OC(C)(C)C)NC(NC(=O)Nc2ccc3ccccc3c2)N1. The van der Waals surface area contributed by atoms with E-state index in [-0.39, 0.29) is 24.3 Å². The molecule has 3 unspecified atom stereocenters. The van der Waals surface area contributed by atoms with Crippen molar-refractivity contribution < 1.29 is 14.3 Å². The molecule has 0 aromatic heterocycles. The van der Waals surface area contributed by atoms with E-state index in [9.17, 15) is 9.59 Å². The van der Waals surface area contributed by atoms with E-state index in [4.69, 9.17) is 4.74 Å². The fourth-order valence-electron chi connectivity index (χ4n) is 3.65. The first-order valence-corrected chi connectivity index (χ1v) is 11.3. The number of benzene rings is 2. The fourth-order valence-corrected chi connectivity index (χ4v) is 3.65. The number of nitrogens with zero attached hydrogens (tertiary/aromatic N) is 1. The summed E-state index contributed by atoms with van der Waals surface area (Å²) in [6.45, 7) is 8.71. The van der Waals surface area contributed by atoms with Gasteiger partial charge in [-0.2, -0.15) is 0 Å². The molecule has 0 radical (unpaired) electrons. The maximum Gasteiger partial charge on any atom is 0.410 e. The lowest BCUT2D eigenvalue weighted by molar-refractivity contribution is 0.0297. The quantitative estimate of drug-likeness (QED) is 0.458. The molecule has 3 atom stereocenters. The third kappa shape index (κ3) is 7.88. The van der Waals surface area contributed by atoms with E-state index in [1.165, 1.54) is 0 Å². The van der Waals surface area contributed by atoms with Crippen LogP contribution in [0.1, 0.15) is 34.1 Å². The van der Waals surface area contributed by atoms with Crippen LogP contribution in [-0.2, 0) is 4.74 Å². The van der Waals surface area contributed by atoms with Crippen molar-refractivity contribution in [3.63, 3.8) is 0 Å². The van der Waals surface area contributed by atoms with Crippen LogP contribution in [-0.4, -0.2) is 61.3 Å². The summed E-state index contributed by atoms with van der Waals surface area (Å²) in [6.07, 6.45) is 0.0797. The van der Waals surface area contributed by atoms with Gasteiger partial charge in [0.2, 0.25) is 0 Å². The third-order valence-corrected chi connectivity index (χ3v) is 5.23. The molecular formula is C24H36N6O3. The van der Waals surface area contributed by atoms with Crippen LogP contribution in [0.5, 0.6) is 0 Å². The van der Waals surface area contributed by atoms with Gasteiger partial charge in [-0.05, 0) is 57.0 Å². The molecule has 1 aliphatic heterocycles. The minimum absolute atomic E-state index is 0.0146. The van der Waals surface area contributed by atoms with Crippen LogP contribution in [0, 0.1) is 0 Å². The number of amides is 3. The molecule has 1 aliphatic rings. The average molecular weight is 457 g/mol. The summed E-state index contributed by atoms with van der Waals surface area (Å²) < 4.78 is 5.37. The zero-order valence-electron chi connectivity index (χ0n) is 20.1. The first-order chi connectivity index (χ1) is 15.6. The van der Waals surface area contributed by atoms with Crippen LogP contribution in [0.25, 0.3) is 10.8 Å². The smallest absolute Gasteiger partial charge is 0.410 e. The number of hydrogen-bond donors (Lipinski definition) is 5. The Morgan fingerprint density at radius 3 is 2.58 bits per heavy atom. The van der Waals surface area contributed by atoms with E-state index in [0.29, 0.717) is 13.1 Å². The second-order valence-corrected chi connectivity index (χ2v) is 9.47. The molecule has 2 aromatic rings. The average Bonchev–Trinajstić information content (AvgIpc) is 2.72. The number of likely N-dealkylation sites (N-methyl/N-ethyl adjacent to an activating group) is 1.